The first-order chi connectivity index (χ1) is 20.5. The molecule has 3 aromatic carbocycles. The number of carbonyl (C=O) groups excluding carboxylic acids is 3. The van der Waals surface area contributed by atoms with E-state index < -0.39 is 23.0 Å². The molecule has 8 heteroatoms. The molecule has 0 unspecified atom stereocenters. The van der Waals surface area contributed by atoms with Gasteiger partial charge in [0.2, 0.25) is 5.91 Å². The molecule has 0 saturated heterocycles. The number of amides is 2. The van der Waals surface area contributed by atoms with Gasteiger partial charge in [-0.05, 0) is 53.5 Å². The number of rotatable bonds is 11. The summed E-state index contributed by atoms with van der Waals surface area (Å²) in [6, 6.07) is 25.9. The van der Waals surface area contributed by atoms with Crippen molar-refractivity contribution in [2.24, 2.45) is 5.41 Å². The number of carbonyl (C=O) groups is 3. The number of benzene rings is 3. The van der Waals surface area contributed by atoms with Gasteiger partial charge in [0.1, 0.15) is 26.5 Å². The third kappa shape index (κ3) is 5.51. The number of ether oxygens (including phenoxy) is 3. The molecule has 2 N–H and O–H groups in total. The van der Waals surface area contributed by atoms with Gasteiger partial charge in [-0.2, -0.15) is 0 Å². The Morgan fingerprint density at radius 1 is 0.738 bits per heavy atom. The summed E-state index contributed by atoms with van der Waals surface area (Å²) in [4.78, 5) is 38.3. The van der Waals surface area contributed by atoms with E-state index in [0.29, 0.717) is 0 Å². The Bertz CT molecular complexity index is 1400. The van der Waals surface area contributed by atoms with Gasteiger partial charge in [-0.25, -0.2) is 4.79 Å². The Labute approximate surface area is 245 Å². The van der Waals surface area contributed by atoms with Gasteiger partial charge in [0.05, 0.1) is 11.0 Å². The normalized spacial score (nSPS) is 17.5. The van der Waals surface area contributed by atoms with Crippen molar-refractivity contribution in [2.75, 3.05) is 19.9 Å². The van der Waals surface area contributed by atoms with E-state index in [1.807, 2.05) is 54.6 Å². The predicted octanol–water partition coefficient (Wildman–Crippen LogP) is 5.45. The summed E-state index contributed by atoms with van der Waals surface area (Å²) in [5.74, 6) is -0.668. The van der Waals surface area contributed by atoms with Gasteiger partial charge in [0, 0.05) is 5.92 Å². The van der Waals surface area contributed by atoms with Crippen LogP contribution in [0.15, 0.2) is 78.9 Å². The fourth-order valence-corrected chi connectivity index (χ4v) is 6.68. The number of hydrogen-bond acceptors (Lipinski definition) is 6. The molecular weight excluding hydrogens is 532 g/mol. The first-order valence-electron chi connectivity index (χ1n) is 14.7. The van der Waals surface area contributed by atoms with Crippen molar-refractivity contribution >= 4 is 18.0 Å². The molecule has 3 aliphatic carbocycles. The van der Waals surface area contributed by atoms with Gasteiger partial charge in [0.15, 0.2) is 0 Å². The maximum absolute atomic E-state index is 13.3. The van der Waals surface area contributed by atoms with E-state index in [4.69, 9.17) is 14.2 Å². The van der Waals surface area contributed by atoms with Crippen molar-refractivity contribution in [3.63, 3.8) is 0 Å². The standard InChI is InChI=1S/C34H36N2O6/c37-30(20-35-32(39)41-22-29-27-14-6-4-12-25(27)26-13-5-7-15-28(26)29)36-23-42-34(18-19-34)33(16-8-9-17-33)31(38)40-21-24-10-2-1-3-11-24/h1-7,10-15,29H,8-9,16-23H2,(H,35,39)(H,36,37). The SMILES string of the molecule is O=C(CNC(=O)OCC1c2ccccc2-c2ccccc21)NCOC1(C2(C(=O)OCc3ccccc3)CCCC2)CC1. The van der Waals surface area contributed by atoms with Gasteiger partial charge in [-0.1, -0.05) is 91.7 Å². The molecule has 0 aliphatic heterocycles. The van der Waals surface area contributed by atoms with E-state index >= 15 is 0 Å². The smallest absolute Gasteiger partial charge is 0.407 e. The van der Waals surface area contributed by atoms with Crippen LogP contribution in [0.25, 0.3) is 11.1 Å². The third-order valence-electron chi connectivity index (χ3n) is 8.99. The molecule has 0 aromatic heterocycles. The molecule has 2 fully saturated rings. The largest absolute Gasteiger partial charge is 0.460 e. The molecule has 2 saturated carbocycles. The van der Waals surface area contributed by atoms with Crippen LogP contribution in [0.1, 0.15) is 61.1 Å². The molecule has 6 rings (SSSR count). The number of hydrogen-bond donors (Lipinski definition) is 2. The summed E-state index contributed by atoms with van der Waals surface area (Å²) in [6.45, 7) is 0.127. The molecule has 3 aliphatic rings. The van der Waals surface area contributed by atoms with E-state index in [1.54, 1.807) is 0 Å². The molecule has 218 valence electrons. The van der Waals surface area contributed by atoms with E-state index in [9.17, 15) is 14.4 Å². The van der Waals surface area contributed by atoms with Gasteiger partial charge >= 0.3 is 12.1 Å². The van der Waals surface area contributed by atoms with Crippen molar-refractivity contribution in [1.29, 1.82) is 0 Å². The zero-order valence-corrected chi connectivity index (χ0v) is 23.6. The molecule has 3 aromatic rings. The highest BCUT2D eigenvalue weighted by Crippen LogP contribution is 2.61. The van der Waals surface area contributed by atoms with Crippen LogP contribution in [0.2, 0.25) is 0 Å². The molecule has 42 heavy (non-hydrogen) atoms. The second-order valence-electron chi connectivity index (χ2n) is 11.4. The maximum Gasteiger partial charge on any atom is 0.407 e. The first-order valence-corrected chi connectivity index (χ1v) is 14.7. The van der Waals surface area contributed by atoms with E-state index in [0.717, 1.165) is 66.3 Å². The number of alkyl carbamates (subject to hydrolysis) is 1. The zero-order chi connectivity index (χ0) is 29.0. The highest BCUT2D eigenvalue weighted by Gasteiger charge is 2.66. The zero-order valence-electron chi connectivity index (χ0n) is 23.6. The molecule has 8 nitrogen and oxygen atoms in total. The predicted molar refractivity (Wildman–Crippen MR) is 156 cm³/mol. The minimum absolute atomic E-state index is 0.0427. The summed E-state index contributed by atoms with van der Waals surface area (Å²) < 4.78 is 17.5. The fourth-order valence-electron chi connectivity index (χ4n) is 6.68. The average molecular weight is 569 g/mol. The minimum atomic E-state index is -0.688. The van der Waals surface area contributed by atoms with E-state index in [-0.39, 0.29) is 38.4 Å². The lowest BCUT2D eigenvalue weighted by Gasteiger charge is -2.35. The van der Waals surface area contributed by atoms with Crippen LogP contribution >= 0.6 is 0 Å². The topological polar surface area (TPSA) is 103 Å². The summed E-state index contributed by atoms with van der Waals surface area (Å²) in [5, 5.41) is 5.24. The quantitative estimate of drug-likeness (QED) is 0.236. The second kappa shape index (κ2) is 12.0. The molecule has 0 spiro atoms. The fraction of sp³-hybridized carbons (Fsp3) is 0.382. The summed E-state index contributed by atoms with van der Waals surface area (Å²) in [7, 11) is 0. The molecule has 0 heterocycles. The summed E-state index contributed by atoms with van der Waals surface area (Å²) in [5.41, 5.74) is 4.19. The average Bonchev–Trinajstić information content (AvgIpc) is 3.51. The molecule has 2 amide bonds. The van der Waals surface area contributed by atoms with E-state index in [1.165, 1.54) is 0 Å². The number of esters is 1. The Morgan fingerprint density at radius 3 is 2.00 bits per heavy atom. The highest BCUT2D eigenvalue weighted by molar-refractivity contribution is 5.82. The maximum atomic E-state index is 13.3. The minimum Gasteiger partial charge on any atom is -0.460 e. The lowest BCUT2D eigenvalue weighted by atomic mass is 9.78. The molecular formula is C34H36N2O6. The van der Waals surface area contributed by atoms with Gasteiger partial charge < -0.3 is 24.8 Å². The lowest BCUT2D eigenvalue weighted by Crippen LogP contribution is -2.47. The number of nitrogens with one attached hydrogen (secondary N) is 2. The Kier molecular flexibility index (Phi) is 7.98. The van der Waals surface area contributed by atoms with Crippen LogP contribution in [0.3, 0.4) is 0 Å². The van der Waals surface area contributed by atoms with Crippen LogP contribution in [-0.4, -0.2) is 43.5 Å². The van der Waals surface area contributed by atoms with Gasteiger partial charge in [-0.3, -0.25) is 9.59 Å². The Hall–Kier alpha value is -4.17. The van der Waals surface area contributed by atoms with Crippen LogP contribution < -0.4 is 10.6 Å². The van der Waals surface area contributed by atoms with Gasteiger partial charge in [0.25, 0.3) is 0 Å². The van der Waals surface area contributed by atoms with Crippen LogP contribution in [-0.2, 0) is 30.4 Å². The van der Waals surface area contributed by atoms with Crippen molar-refractivity contribution in [3.05, 3.63) is 95.6 Å². The van der Waals surface area contributed by atoms with Gasteiger partial charge in [-0.15, -0.1) is 0 Å². The van der Waals surface area contributed by atoms with Crippen LogP contribution in [0, 0.1) is 5.41 Å². The van der Waals surface area contributed by atoms with Crippen LogP contribution in [0.4, 0.5) is 4.79 Å². The Balaban J connectivity index is 0.958. The monoisotopic (exact) mass is 568 g/mol. The summed E-state index contributed by atoms with van der Waals surface area (Å²) >= 11 is 0. The second-order valence-corrected chi connectivity index (χ2v) is 11.4. The first kappa shape index (κ1) is 28.0. The van der Waals surface area contributed by atoms with E-state index in [2.05, 4.69) is 34.9 Å². The molecule has 0 bridgehead atoms. The number of fused-ring (bicyclic) bond motifs is 3. The summed E-state index contributed by atoms with van der Waals surface area (Å²) in [6.07, 6.45) is 4.18. The lowest BCUT2D eigenvalue weighted by molar-refractivity contribution is -0.172. The van der Waals surface area contributed by atoms with Crippen molar-refractivity contribution in [3.8, 4) is 11.1 Å². The van der Waals surface area contributed by atoms with Crippen molar-refractivity contribution < 1.29 is 28.6 Å². The molecule has 0 atom stereocenters. The van der Waals surface area contributed by atoms with Crippen molar-refractivity contribution in [1.82, 2.24) is 10.6 Å². The van der Waals surface area contributed by atoms with Crippen LogP contribution in [0.5, 0.6) is 0 Å². The highest BCUT2D eigenvalue weighted by atomic mass is 16.6. The third-order valence-corrected chi connectivity index (χ3v) is 8.99. The Morgan fingerprint density at radius 2 is 1.36 bits per heavy atom. The van der Waals surface area contributed by atoms with Crippen molar-refractivity contribution in [2.45, 2.75) is 56.7 Å². The molecule has 0 radical (unpaired) electrons.